The second kappa shape index (κ2) is 5.13. The minimum absolute atomic E-state index is 0.429. The molecule has 0 saturated heterocycles. The summed E-state index contributed by atoms with van der Waals surface area (Å²) in [5, 5.41) is 13.0. The molecule has 6 heteroatoms. The maximum atomic E-state index is 13.4. The Hall–Kier alpha value is -3.07. The van der Waals surface area contributed by atoms with Crippen LogP contribution >= 0.6 is 0 Å². The molecule has 0 aliphatic carbocycles. The molecule has 102 valence electrons. The number of aromatic nitrogens is 3. The van der Waals surface area contributed by atoms with Crippen molar-refractivity contribution in [3.63, 3.8) is 0 Å². The number of benzene rings is 1. The van der Waals surface area contributed by atoms with Gasteiger partial charge in [-0.1, -0.05) is 0 Å². The maximum Gasteiger partial charge on any atom is 0.159 e. The van der Waals surface area contributed by atoms with Gasteiger partial charge in [-0.25, -0.2) is 18.4 Å². The Morgan fingerprint density at radius 3 is 2.62 bits per heavy atom. The second-order valence-corrected chi connectivity index (χ2v) is 4.27. The third-order valence-electron chi connectivity index (χ3n) is 2.95. The lowest BCUT2D eigenvalue weighted by Crippen LogP contribution is -2.02. The summed E-state index contributed by atoms with van der Waals surface area (Å²) in [5.41, 5.74) is 1.46. The number of pyridine rings is 1. The minimum atomic E-state index is -0.931. The SMILES string of the molecule is N#Cc1ccnc(-n2nccc2-c2ccc(F)c(F)c2)c1. The summed E-state index contributed by atoms with van der Waals surface area (Å²) in [5.74, 6) is -1.41. The molecular weight excluding hydrogens is 274 g/mol. The molecule has 3 aromatic rings. The molecule has 0 fully saturated rings. The highest BCUT2D eigenvalue weighted by molar-refractivity contribution is 5.61. The van der Waals surface area contributed by atoms with Gasteiger partial charge >= 0.3 is 0 Å². The Labute approximate surface area is 118 Å². The van der Waals surface area contributed by atoms with Crippen molar-refractivity contribution >= 4 is 0 Å². The van der Waals surface area contributed by atoms with Crippen molar-refractivity contribution in [2.45, 2.75) is 0 Å². The van der Waals surface area contributed by atoms with Crippen LogP contribution in [0.3, 0.4) is 0 Å². The van der Waals surface area contributed by atoms with Crippen LogP contribution in [0.4, 0.5) is 8.78 Å². The largest absolute Gasteiger partial charge is 0.237 e. The lowest BCUT2D eigenvalue weighted by atomic mass is 10.1. The standard InChI is InChI=1S/C15H8F2N4/c16-12-2-1-11(8-13(12)17)14-4-6-20-21(14)15-7-10(9-18)3-5-19-15/h1-8H. The summed E-state index contributed by atoms with van der Waals surface area (Å²) in [6, 6.07) is 10.4. The van der Waals surface area contributed by atoms with E-state index in [0.29, 0.717) is 22.6 Å². The smallest absolute Gasteiger partial charge is 0.159 e. The summed E-state index contributed by atoms with van der Waals surface area (Å²) in [6.07, 6.45) is 3.02. The van der Waals surface area contributed by atoms with Crippen LogP contribution in [0.5, 0.6) is 0 Å². The van der Waals surface area contributed by atoms with Gasteiger partial charge in [0.2, 0.25) is 0 Å². The van der Waals surface area contributed by atoms with E-state index < -0.39 is 11.6 Å². The highest BCUT2D eigenvalue weighted by Gasteiger charge is 2.11. The van der Waals surface area contributed by atoms with E-state index >= 15 is 0 Å². The van der Waals surface area contributed by atoms with E-state index in [1.807, 2.05) is 6.07 Å². The van der Waals surface area contributed by atoms with Gasteiger partial charge in [-0.2, -0.15) is 10.4 Å². The highest BCUT2D eigenvalue weighted by atomic mass is 19.2. The lowest BCUT2D eigenvalue weighted by Gasteiger charge is -2.07. The molecule has 1 aromatic carbocycles. The quantitative estimate of drug-likeness (QED) is 0.725. The van der Waals surface area contributed by atoms with Gasteiger partial charge in [0.25, 0.3) is 0 Å². The average Bonchev–Trinajstić information content (AvgIpc) is 2.99. The van der Waals surface area contributed by atoms with Crippen molar-refractivity contribution in [2.75, 3.05) is 0 Å². The highest BCUT2D eigenvalue weighted by Crippen LogP contribution is 2.23. The van der Waals surface area contributed by atoms with Crippen LogP contribution in [0.25, 0.3) is 17.1 Å². The molecule has 0 spiro atoms. The van der Waals surface area contributed by atoms with Gasteiger partial charge in [0.1, 0.15) is 0 Å². The lowest BCUT2D eigenvalue weighted by molar-refractivity contribution is 0.509. The van der Waals surface area contributed by atoms with Crippen molar-refractivity contribution in [2.24, 2.45) is 0 Å². The molecule has 0 saturated carbocycles. The minimum Gasteiger partial charge on any atom is -0.237 e. The Morgan fingerprint density at radius 2 is 1.86 bits per heavy atom. The molecule has 0 atom stereocenters. The molecular formula is C15H8F2N4. The van der Waals surface area contributed by atoms with Crippen molar-refractivity contribution in [3.8, 4) is 23.1 Å². The summed E-state index contributed by atoms with van der Waals surface area (Å²) < 4.78 is 27.8. The Morgan fingerprint density at radius 1 is 1.00 bits per heavy atom. The Kier molecular flexibility index (Phi) is 3.16. The topological polar surface area (TPSA) is 54.5 Å². The van der Waals surface area contributed by atoms with E-state index in [9.17, 15) is 8.78 Å². The molecule has 0 radical (unpaired) electrons. The first kappa shape index (κ1) is 12.9. The number of rotatable bonds is 2. The van der Waals surface area contributed by atoms with Crippen LogP contribution in [0.1, 0.15) is 5.56 Å². The first-order chi connectivity index (χ1) is 10.2. The van der Waals surface area contributed by atoms with Gasteiger partial charge in [-0.3, -0.25) is 0 Å². The third-order valence-corrected chi connectivity index (χ3v) is 2.95. The molecule has 4 nitrogen and oxygen atoms in total. The van der Waals surface area contributed by atoms with Gasteiger partial charge in [0, 0.05) is 17.8 Å². The number of hydrogen-bond acceptors (Lipinski definition) is 3. The zero-order chi connectivity index (χ0) is 14.8. The van der Waals surface area contributed by atoms with Gasteiger partial charge < -0.3 is 0 Å². The van der Waals surface area contributed by atoms with E-state index in [2.05, 4.69) is 10.1 Å². The number of nitriles is 1. The van der Waals surface area contributed by atoms with Crippen LogP contribution < -0.4 is 0 Å². The molecule has 0 bridgehead atoms. The molecule has 2 aromatic heterocycles. The van der Waals surface area contributed by atoms with E-state index in [-0.39, 0.29) is 0 Å². The van der Waals surface area contributed by atoms with Crippen molar-refractivity contribution in [1.82, 2.24) is 14.8 Å². The Bertz CT molecular complexity index is 849. The molecule has 0 unspecified atom stereocenters. The third kappa shape index (κ3) is 2.37. The molecule has 0 aliphatic heterocycles. The van der Waals surface area contributed by atoms with Gasteiger partial charge in [0.05, 0.1) is 23.5 Å². The molecule has 21 heavy (non-hydrogen) atoms. The summed E-state index contributed by atoms with van der Waals surface area (Å²) in [6.45, 7) is 0. The van der Waals surface area contributed by atoms with Crippen LogP contribution in [0.2, 0.25) is 0 Å². The fourth-order valence-corrected chi connectivity index (χ4v) is 1.96. The van der Waals surface area contributed by atoms with E-state index in [1.165, 1.54) is 23.1 Å². The summed E-state index contributed by atoms with van der Waals surface area (Å²) in [7, 11) is 0. The average molecular weight is 282 g/mol. The fourth-order valence-electron chi connectivity index (χ4n) is 1.96. The van der Waals surface area contributed by atoms with E-state index in [0.717, 1.165) is 12.1 Å². The van der Waals surface area contributed by atoms with Crippen LogP contribution in [-0.2, 0) is 0 Å². The van der Waals surface area contributed by atoms with Crippen molar-refractivity contribution in [1.29, 1.82) is 5.26 Å². The monoisotopic (exact) mass is 282 g/mol. The van der Waals surface area contributed by atoms with Crippen LogP contribution in [0, 0.1) is 23.0 Å². The molecule has 3 rings (SSSR count). The van der Waals surface area contributed by atoms with Gasteiger partial charge in [-0.15, -0.1) is 0 Å². The molecule has 2 heterocycles. The number of hydrogen-bond donors (Lipinski definition) is 0. The van der Waals surface area contributed by atoms with Gasteiger partial charge in [-0.05, 0) is 30.3 Å². The zero-order valence-corrected chi connectivity index (χ0v) is 10.7. The van der Waals surface area contributed by atoms with Crippen molar-refractivity contribution in [3.05, 3.63) is 66.0 Å². The van der Waals surface area contributed by atoms with E-state index in [1.54, 1.807) is 18.2 Å². The predicted molar refractivity (Wildman–Crippen MR) is 71.4 cm³/mol. The molecule has 0 N–H and O–H groups in total. The zero-order valence-electron chi connectivity index (χ0n) is 10.7. The van der Waals surface area contributed by atoms with Gasteiger partial charge in [0.15, 0.2) is 17.5 Å². The van der Waals surface area contributed by atoms with E-state index in [4.69, 9.17) is 5.26 Å². The molecule has 0 aliphatic rings. The number of nitrogens with zero attached hydrogens (tertiary/aromatic N) is 4. The normalized spacial score (nSPS) is 10.3. The van der Waals surface area contributed by atoms with Crippen LogP contribution in [-0.4, -0.2) is 14.8 Å². The van der Waals surface area contributed by atoms with Crippen molar-refractivity contribution < 1.29 is 8.78 Å². The van der Waals surface area contributed by atoms with Crippen LogP contribution in [0.15, 0.2) is 48.8 Å². The molecule has 0 amide bonds. The first-order valence-electron chi connectivity index (χ1n) is 6.05. The second-order valence-electron chi connectivity index (χ2n) is 4.27. The number of halogens is 2. The Balaban J connectivity index is 2.12. The first-order valence-corrected chi connectivity index (χ1v) is 6.05. The maximum absolute atomic E-state index is 13.4. The predicted octanol–water partition coefficient (Wildman–Crippen LogP) is 3.08. The fraction of sp³-hybridized carbons (Fsp3) is 0. The summed E-state index contributed by atoms with van der Waals surface area (Å²) >= 11 is 0. The summed E-state index contributed by atoms with van der Waals surface area (Å²) in [4.78, 5) is 4.14.